The van der Waals surface area contributed by atoms with Crippen molar-refractivity contribution in [1.82, 2.24) is 19.1 Å². The molecule has 8 heteroatoms. The van der Waals surface area contributed by atoms with E-state index in [1.54, 1.807) is 7.05 Å². The molecule has 0 radical (unpaired) electrons. The van der Waals surface area contributed by atoms with Crippen LogP contribution in [0.25, 0.3) is 11.2 Å². The minimum absolute atomic E-state index is 0. The number of aromatic nitrogens is 4. The summed E-state index contributed by atoms with van der Waals surface area (Å²) in [4.78, 5) is 29.8. The van der Waals surface area contributed by atoms with E-state index in [-0.39, 0.29) is 40.8 Å². The Labute approximate surface area is 115 Å². The van der Waals surface area contributed by atoms with Crippen LogP contribution in [-0.2, 0) is 14.1 Å². The van der Waals surface area contributed by atoms with Gasteiger partial charge in [0.1, 0.15) is 0 Å². The third-order valence-electron chi connectivity index (χ3n) is 2.07. The van der Waals surface area contributed by atoms with Gasteiger partial charge in [0.25, 0.3) is 5.56 Å². The molecule has 1 N–H and O–H groups in total. The number of aromatic amines is 1. The van der Waals surface area contributed by atoms with Crippen LogP contribution >= 0.6 is 15.9 Å². The first-order valence-electron chi connectivity index (χ1n) is 3.83. The molecule has 0 aromatic carbocycles. The van der Waals surface area contributed by atoms with E-state index < -0.39 is 0 Å². The number of fused-ring (bicyclic) bond motifs is 1. The topological polar surface area (TPSA) is 72.7 Å². The van der Waals surface area contributed by atoms with Gasteiger partial charge in [-0.3, -0.25) is 13.9 Å². The van der Waals surface area contributed by atoms with E-state index in [0.717, 1.165) is 4.57 Å². The maximum atomic E-state index is 11.6. The second-order valence-electron chi connectivity index (χ2n) is 2.93. The number of hydrogen-bond donors (Lipinski definition) is 1. The van der Waals surface area contributed by atoms with Gasteiger partial charge in [0.15, 0.2) is 15.9 Å². The molecule has 0 amide bonds. The van der Waals surface area contributed by atoms with Crippen molar-refractivity contribution >= 4 is 27.1 Å². The van der Waals surface area contributed by atoms with Gasteiger partial charge >= 0.3 is 35.2 Å². The van der Waals surface area contributed by atoms with Crippen LogP contribution in [0.2, 0.25) is 0 Å². The van der Waals surface area contributed by atoms with Crippen molar-refractivity contribution in [3.8, 4) is 0 Å². The molecule has 2 heterocycles. The SMILES string of the molecule is Cn1c(=O)c2[nH]c(Br)nc2n(C)c1=O.[Na+]. The molecule has 15 heavy (non-hydrogen) atoms. The summed E-state index contributed by atoms with van der Waals surface area (Å²) in [6.07, 6.45) is 0. The molecule has 6 nitrogen and oxygen atoms in total. The first kappa shape index (κ1) is 12.7. The third kappa shape index (κ3) is 1.84. The zero-order chi connectivity index (χ0) is 10.5. The van der Waals surface area contributed by atoms with Crippen LogP contribution in [0.3, 0.4) is 0 Å². The van der Waals surface area contributed by atoms with Gasteiger partial charge in [-0.25, -0.2) is 9.78 Å². The summed E-state index contributed by atoms with van der Waals surface area (Å²) >= 11 is 3.11. The summed E-state index contributed by atoms with van der Waals surface area (Å²) in [6, 6.07) is 0. The van der Waals surface area contributed by atoms with Crippen LogP contribution in [0.5, 0.6) is 0 Å². The summed E-state index contributed by atoms with van der Waals surface area (Å²) < 4.78 is 2.79. The molecule has 2 aromatic heterocycles. The van der Waals surface area contributed by atoms with Crippen LogP contribution in [-0.4, -0.2) is 19.1 Å². The zero-order valence-electron chi connectivity index (χ0n) is 8.54. The van der Waals surface area contributed by atoms with E-state index in [1.807, 2.05) is 0 Å². The molecule has 0 spiro atoms. The second kappa shape index (κ2) is 4.25. The molecule has 0 unspecified atom stereocenters. The van der Waals surface area contributed by atoms with Gasteiger partial charge in [-0.15, -0.1) is 0 Å². The summed E-state index contributed by atoms with van der Waals surface area (Å²) in [6.45, 7) is 0. The van der Waals surface area contributed by atoms with E-state index in [2.05, 4.69) is 25.9 Å². The maximum Gasteiger partial charge on any atom is 1.00 e. The first-order valence-corrected chi connectivity index (χ1v) is 4.63. The van der Waals surface area contributed by atoms with E-state index in [4.69, 9.17) is 0 Å². The first-order chi connectivity index (χ1) is 6.52. The number of aryl methyl sites for hydroxylation is 1. The Hall–Kier alpha value is -0.370. The normalized spacial score (nSPS) is 10.3. The van der Waals surface area contributed by atoms with Gasteiger partial charge in [0.2, 0.25) is 0 Å². The minimum Gasteiger partial charge on any atom is -0.327 e. The zero-order valence-corrected chi connectivity index (χ0v) is 12.1. The quantitative estimate of drug-likeness (QED) is 0.407. The van der Waals surface area contributed by atoms with Crippen molar-refractivity contribution in [1.29, 1.82) is 0 Å². The maximum absolute atomic E-state index is 11.6. The van der Waals surface area contributed by atoms with Gasteiger partial charge in [-0.05, 0) is 15.9 Å². The Bertz CT molecular complexity index is 626. The van der Waals surface area contributed by atoms with E-state index >= 15 is 0 Å². The Kier molecular flexibility index (Phi) is 3.59. The fraction of sp³-hybridized carbons (Fsp3) is 0.286. The van der Waals surface area contributed by atoms with Crippen LogP contribution in [0.15, 0.2) is 14.3 Å². The minimum atomic E-state index is -0.387. The Morgan fingerprint density at radius 2 is 1.87 bits per heavy atom. The number of rotatable bonds is 0. The molecular weight excluding hydrogens is 275 g/mol. The van der Waals surface area contributed by atoms with Gasteiger partial charge < -0.3 is 4.98 Å². The molecule has 2 aromatic rings. The molecule has 0 aliphatic heterocycles. The number of imidazole rings is 1. The van der Waals surface area contributed by atoms with Crippen LogP contribution in [0.1, 0.15) is 0 Å². The summed E-state index contributed by atoms with van der Waals surface area (Å²) in [7, 11) is 3.00. The molecule has 0 saturated carbocycles. The molecule has 0 atom stereocenters. The molecular formula is C7H7BrN4NaO2+. The fourth-order valence-electron chi connectivity index (χ4n) is 1.30. The average Bonchev–Trinajstić information content (AvgIpc) is 2.54. The van der Waals surface area contributed by atoms with Crippen LogP contribution in [0, 0.1) is 0 Å². The van der Waals surface area contributed by atoms with Crippen molar-refractivity contribution < 1.29 is 29.6 Å². The molecule has 74 valence electrons. The molecule has 0 saturated heterocycles. The predicted molar refractivity (Wildman–Crippen MR) is 54.3 cm³/mol. The fourth-order valence-corrected chi connectivity index (χ4v) is 1.66. The van der Waals surface area contributed by atoms with E-state index in [0.29, 0.717) is 15.9 Å². The van der Waals surface area contributed by atoms with Gasteiger partial charge in [0.05, 0.1) is 0 Å². The Morgan fingerprint density at radius 3 is 2.47 bits per heavy atom. The summed E-state index contributed by atoms with van der Waals surface area (Å²) in [5.41, 5.74) is -0.0887. The number of nitrogens with zero attached hydrogens (tertiary/aromatic N) is 3. The van der Waals surface area contributed by atoms with Crippen molar-refractivity contribution in [2.45, 2.75) is 0 Å². The monoisotopic (exact) mass is 281 g/mol. The van der Waals surface area contributed by atoms with Gasteiger partial charge in [-0.1, -0.05) is 0 Å². The molecule has 0 aliphatic carbocycles. The standard InChI is InChI=1S/C7H7BrN4O2.Na/c1-11-4-3(9-6(8)10-4)5(13)12(2)7(11)14;/h1-2H3,(H,9,10);/q;+1. The Morgan fingerprint density at radius 1 is 1.27 bits per heavy atom. The Balaban J connectivity index is 0.00000112. The number of nitrogens with one attached hydrogen (secondary N) is 1. The average molecular weight is 282 g/mol. The predicted octanol–water partition coefficient (Wildman–Crippen LogP) is -3.27. The third-order valence-corrected chi connectivity index (χ3v) is 2.44. The van der Waals surface area contributed by atoms with Crippen LogP contribution in [0.4, 0.5) is 0 Å². The number of H-pyrrole nitrogens is 1. The second-order valence-corrected chi connectivity index (χ2v) is 3.68. The van der Waals surface area contributed by atoms with E-state index in [9.17, 15) is 9.59 Å². The van der Waals surface area contributed by atoms with Crippen molar-refractivity contribution in [3.63, 3.8) is 0 Å². The molecule has 0 aliphatic rings. The van der Waals surface area contributed by atoms with Crippen molar-refractivity contribution in [2.24, 2.45) is 14.1 Å². The molecule has 0 bridgehead atoms. The van der Waals surface area contributed by atoms with Gasteiger partial charge in [-0.2, -0.15) is 0 Å². The summed E-state index contributed by atoms with van der Waals surface area (Å²) in [5.74, 6) is 0. The molecule has 0 fully saturated rings. The number of halogens is 1. The van der Waals surface area contributed by atoms with Crippen molar-refractivity contribution in [2.75, 3.05) is 0 Å². The summed E-state index contributed by atoms with van der Waals surface area (Å²) in [5, 5.41) is 0. The molecule has 2 rings (SSSR count). The van der Waals surface area contributed by atoms with E-state index in [1.165, 1.54) is 11.6 Å². The van der Waals surface area contributed by atoms with Crippen LogP contribution < -0.4 is 40.8 Å². The van der Waals surface area contributed by atoms with Gasteiger partial charge in [0, 0.05) is 14.1 Å². The largest absolute Gasteiger partial charge is 1.00 e. The van der Waals surface area contributed by atoms with Crippen molar-refractivity contribution in [3.05, 3.63) is 25.6 Å². The smallest absolute Gasteiger partial charge is 0.327 e. The number of hydrogen-bond acceptors (Lipinski definition) is 3.